The highest BCUT2D eigenvalue weighted by atomic mass is 32.2. The predicted molar refractivity (Wildman–Crippen MR) is 104 cm³/mol. The van der Waals surface area contributed by atoms with E-state index in [1.165, 1.54) is 6.07 Å². The maximum Gasteiger partial charge on any atom is 0.322 e. The zero-order chi connectivity index (χ0) is 21.1. The number of nitrogens with zero attached hydrogens (tertiary/aromatic N) is 3. The summed E-state index contributed by atoms with van der Waals surface area (Å²) in [5, 5.41) is 10.0. The van der Waals surface area contributed by atoms with Crippen LogP contribution in [0.3, 0.4) is 0 Å². The zero-order valence-corrected chi connectivity index (χ0v) is 16.4. The van der Waals surface area contributed by atoms with Gasteiger partial charge in [-0.3, -0.25) is 10.1 Å². The number of hydrogen-bond acceptors (Lipinski definition) is 7. The first-order valence-electron chi connectivity index (χ1n) is 9.03. The van der Waals surface area contributed by atoms with Crippen LogP contribution in [0, 0.1) is 5.82 Å². The summed E-state index contributed by atoms with van der Waals surface area (Å²) in [6.07, 6.45) is 0. The van der Waals surface area contributed by atoms with E-state index in [4.69, 9.17) is 9.15 Å². The molecule has 1 amide bonds. The van der Waals surface area contributed by atoms with E-state index in [9.17, 15) is 17.6 Å². The number of rotatable bonds is 5. The van der Waals surface area contributed by atoms with Crippen molar-refractivity contribution in [2.24, 2.45) is 0 Å². The highest BCUT2D eigenvalue weighted by Crippen LogP contribution is 2.23. The highest BCUT2D eigenvalue weighted by Gasteiger charge is 2.30. The van der Waals surface area contributed by atoms with Crippen LogP contribution in [0.25, 0.3) is 11.5 Å². The van der Waals surface area contributed by atoms with E-state index >= 15 is 0 Å². The summed E-state index contributed by atoms with van der Waals surface area (Å²) in [4.78, 5) is 12.0. The molecule has 0 radical (unpaired) electrons. The summed E-state index contributed by atoms with van der Waals surface area (Å²) in [5.41, 5.74) is 0.605. The first-order chi connectivity index (χ1) is 14.4. The second-order valence-electron chi connectivity index (χ2n) is 6.39. The summed E-state index contributed by atoms with van der Waals surface area (Å²) < 4.78 is 51.5. The van der Waals surface area contributed by atoms with Gasteiger partial charge in [-0.15, -0.1) is 5.10 Å². The lowest BCUT2D eigenvalue weighted by Gasteiger charge is -2.26. The van der Waals surface area contributed by atoms with Crippen molar-refractivity contribution in [3.05, 3.63) is 59.9 Å². The van der Waals surface area contributed by atoms with Crippen molar-refractivity contribution in [2.45, 2.75) is 4.90 Å². The largest absolute Gasteiger partial charge is 0.403 e. The van der Waals surface area contributed by atoms with Gasteiger partial charge in [0.25, 0.3) is 5.91 Å². The molecule has 0 saturated carbocycles. The third-order valence-electron chi connectivity index (χ3n) is 4.45. The second kappa shape index (κ2) is 8.30. The van der Waals surface area contributed by atoms with Crippen molar-refractivity contribution in [2.75, 3.05) is 31.6 Å². The van der Waals surface area contributed by atoms with Gasteiger partial charge in [0.1, 0.15) is 10.7 Å². The van der Waals surface area contributed by atoms with Crippen LogP contribution in [0.1, 0.15) is 10.4 Å². The standard InChI is InChI=1S/C19H17FN4O5S/c20-15-7-6-14(12-16(15)30(26,27)24-8-10-28-11-9-24)17(25)21-19-23-22-18(29-19)13-4-2-1-3-5-13/h1-7,12H,8-11H2,(H,21,23,25). The van der Waals surface area contributed by atoms with Crippen molar-refractivity contribution in [3.8, 4) is 11.5 Å². The molecule has 1 fully saturated rings. The summed E-state index contributed by atoms with van der Waals surface area (Å²) in [6.45, 7) is 0.675. The number of amides is 1. The Hall–Kier alpha value is -3.15. The Labute approximate surface area is 171 Å². The van der Waals surface area contributed by atoms with Crippen molar-refractivity contribution >= 4 is 21.9 Å². The maximum atomic E-state index is 14.3. The molecule has 0 unspecified atom stereocenters. The van der Waals surface area contributed by atoms with E-state index in [0.717, 1.165) is 16.4 Å². The van der Waals surface area contributed by atoms with Crippen LogP contribution in [-0.4, -0.2) is 55.1 Å². The lowest BCUT2D eigenvalue weighted by atomic mass is 10.2. The third-order valence-corrected chi connectivity index (χ3v) is 6.36. The normalized spacial score (nSPS) is 15.1. The van der Waals surface area contributed by atoms with Crippen LogP contribution in [0.15, 0.2) is 57.8 Å². The molecule has 1 aliphatic rings. The van der Waals surface area contributed by atoms with E-state index in [2.05, 4.69) is 15.5 Å². The minimum absolute atomic E-state index is 0.0669. The molecule has 4 rings (SSSR count). The van der Waals surface area contributed by atoms with E-state index in [0.29, 0.717) is 5.56 Å². The second-order valence-corrected chi connectivity index (χ2v) is 8.30. The van der Waals surface area contributed by atoms with E-state index in [1.807, 2.05) is 6.07 Å². The average Bonchev–Trinajstić information content (AvgIpc) is 3.23. The minimum Gasteiger partial charge on any atom is -0.403 e. The van der Waals surface area contributed by atoms with E-state index in [-0.39, 0.29) is 43.8 Å². The van der Waals surface area contributed by atoms with Crippen LogP contribution in [0.2, 0.25) is 0 Å². The molecule has 1 N–H and O–H groups in total. The molecule has 3 aromatic rings. The Morgan fingerprint density at radius 1 is 1.07 bits per heavy atom. The molecular formula is C19H17FN4O5S. The Balaban J connectivity index is 1.55. The van der Waals surface area contributed by atoms with Crippen molar-refractivity contribution in [1.82, 2.24) is 14.5 Å². The Bertz CT molecular complexity index is 1160. The van der Waals surface area contributed by atoms with Crippen LogP contribution < -0.4 is 5.32 Å². The number of carbonyl (C=O) groups is 1. The molecule has 0 spiro atoms. The zero-order valence-electron chi connectivity index (χ0n) is 15.6. The molecule has 1 saturated heterocycles. The molecule has 0 bridgehead atoms. The van der Waals surface area contributed by atoms with Crippen molar-refractivity contribution in [3.63, 3.8) is 0 Å². The number of halogens is 1. The van der Waals surface area contributed by atoms with Gasteiger partial charge in [-0.1, -0.05) is 23.3 Å². The van der Waals surface area contributed by atoms with Gasteiger partial charge in [0.05, 0.1) is 13.2 Å². The van der Waals surface area contributed by atoms with Crippen LogP contribution in [-0.2, 0) is 14.8 Å². The summed E-state index contributed by atoms with van der Waals surface area (Å²) in [7, 11) is -4.11. The molecule has 30 heavy (non-hydrogen) atoms. The van der Waals surface area contributed by atoms with Gasteiger partial charge in [0, 0.05) is 24.2 Å². The monoisotopic (exact) mass is 432 g/mol. The van der Waals surface area contributed by atoms with Crippen molar-refractivity contribution < 1.29 is 26.8 Å². The lowest BCUT2D eigenvalue weighted by Crippen LogP contribution is -2.41. The fourth-order valence-corrected chi connectivity index (χ4v) is 4.41. The smallest absolute Gasteiger partial charge is 0.322 e. The van der Waals surface area contributed by atoms with Crippen LogP contribution in [0.5, 0.6) is 0 Å². The SMILES string of the molecule is O=C(Nc1nnc(-c2ccccc2)o1)c1ccc(F)c(S(=O)(=O)N2CCOCC2)c1. The molecule has 0 atom stereocenters. The molecule has 9 nitrogen and oxygen atoms in total. The molecule has 0 aliphatic carbocycles. The van der Waals surface area contributed by atoms with Gasteiger partial charge >= 0.3 is 6.01 Å². The number of carbonyl (C=O) groups excluding carboxylic acids is 1. The van der Waals surface area contributed by atoms with E-state index < -0.39 is 26.6 Å². The number of ether oxygens (including phenoxy) is 1. The molecule has 1 aromatic heterocycles. The van der Waals surface area contributed by atoms with Gasteiger partial charge < -0.3 is 9.15 Å². The van der Waals surface area contributed by atoms with Crippen LogP contribution in [0.4, 0.5) is 10.4 Å². The number of aromatic nitrogens is 2. The van der Waals surface area contributed by atoms with Gasteiger partial charge in [-0.25, -0.2) is 12.8 Å². The number of nitrogens with one attached hydrogen (secondary N) is 1. The Kier molecular flexibility index (Phi) is 5.57. The Morgan fingerprint density at radius 3 is 2.53 bits per heavy atom. The molecule has 156 valence electrons. The highest BCUT2D eigenvalue weighted by molar-refractivity contribution is 7.89. The molecule has 1 aliphatic heterocycles. The molecule has 11 heteroatoms. The van der Waals surface area contributed by atoms with E-state index in [1.54, 1.807) is 24.3 Å². The lowest BCUT2D eigenvalue weighted by molar-refractivity contribution is 0.0729. The number of sulfonamides is 1. The number of morpholine rings is 1. The average molecular weight is 432 g/mol. The quantitative estimate of drug-likeness (QED) is 0.657. The predicted octanol–water partition coefficient (Wildman–Crippen LogP) is 2.15. The van der Waals surface area contributed by atoms with Gasteiger partial charge in [-0.2, -0.15) is 4.31 Å². The minimum atomic E-state index is -4.11. The number of hydrogen-bond donors (Lipinski definition) is 1. The number of benzene rings is 2. The van der Waals surface area contributed by atoms with Crippen LogP contribution >= 0.6 is 0 Å². The first kappa shape index (κ1) is 20.1. The first-order valence-corrected chi connectivity index (χ1v) is 10.5. The fraction of sp³-hybridized carbons (Fsp3) is 0.211. The summed E-state index contributed by atoms with van der Waals surface area (Å²) >= 11 is 0. The number of anilines is 1. The molecule has 2 aromatic carbocycles. The van der Waals surface area contributed by atoms with Gasteiger partial charge in [0.2, 0.25) is 15.9 Å². The maximum absolute atomic E-state index is 14.3. The third kappa shape index (κ3) is 4.08. The topological polar surface area (TPSA) is 115 Å². The van der Waals surface area contributed by atoms with Gasteiger partial charge in [-0.05, 0) is 30.3 Å². The summed E-state index contributed by atoms with van der Waals surface area (Å²) in [6, 6.07) is 11.9. The molecule has 2 heterocycles. The fourth-order valence-electron chi connectivity index (χ4n) is 2.91. The molecular weight excluding hydrogens is 415 g/mol. The summed E-state index contributed by atoms with van der Waals surface area (Å²) in [5.74, 6) is -1.44. The van der Waals surface area contributed by atoms with Gasteiger partial charge in [0.15, 0.2) is 0 Å². The Morgan fingerprint density at radius 2 is 1.80 bits per heavy atom. The van der Waals surface area contributed by atoms with Crippen molar-refractivity contribution in [1.29, 1.82) is 0 Å².